The topological polar surface area (TPSA) is 72.0 Å². The summed E-state index contributed by atoms with van der Waals surface area (Å²) in [6.45, 7) is 2.94. The van der Waals surface area contributed by atoms with E-state index in [9.17, 15) is 9.59 Å². The van der Waals surface area contributed by atoms with E-state index >= 15 is 0 Å². The van der Waals surface area contributed by atoms with Crippen molar-refractivity contribution in [3.8, 4) is 0 Å². The molecule has 1 aromatic rings. The largest absolute Gasteiger partial charge is 0.455 e. The Morgan fingerprint density at radius 2 is 2.38 bits per heavy atom. The second kappa shape index (κ2) is 3.84. The molecule has 0 saturated heterocycles. The summed E-state index contributed by atoms with van der Waals surface area (Å²) in [5.41, 5.74) is -0.260. The highest BCUT2D eigenvalue weighted by Crippen LogP contribution is 2.09. The van der Waals surface area contributed by atoms with E-state index in [2.05, 4.69) is 9.97 Å². The summed E-state index contributed by atoms with van der Waals surface area (Å²) in [5.74, 6) is -0.0540. The smallest absolute Gasteiger partial charge is 0.303 e. The van der Waals surface area contributed by atoms with Gasteiger partial charge in [0.1, 0.15) is 5.82 Å². The second-order valence-electron chi connectivity index (χ2n) is 2.57. The fourth-order valence-electron chi connectivity index (χ4n) is 0.897. The van der Waals surface area contributed by atoms with Crippen LogP contribution < -0.4 is 5.56 Å². The number of carbonyl (C=O) groups excluding carboxylic acids is 1. The Bertz CT molecular complexity index is 358. The van der Waals surface area contributed by atoms with Crippen LogP contribution in [0.1, 0.15) is 25.8 Å². The molecular weight excluding hydrogens is 172 g/mol. The monoisotopic (exact) mass is 182 g/mol. The molecule has 0 bridgehead atoms. The van der Waals surface area contributed by atoms with Crippen LogP contribution in [0.3, 0.4) is 0 Å². The van der Waals surface area contributed by atoms with Crippen LogP contribution in [0.15, 0.2) is 17.1 Å². The minimum absolute atomic E-state index is 0.260. The summed E-state index contributed by atoms with van der Waals surface area (Å²) in [4.78, 5) is 27.7. The van der Waals surface area contributed by atoms with Crippen molar-refractivity contribution in [1.29, 1.82) is 0 Å². The molecule has 0 saturated carbocycles. The third-order valence-corrected chi connectivity index (χ3v) is 1.42. The lowest BCUT2D eigenvalue weighted by atomic mass is 10.4. The number of nitrogens with zero attached hydrogens (tertiary/aromatic N) is 1. The van der Waals surface area contributed by atoms with E-state index in [0.717, 1.165) is 0 Å². The SMILES string of the molecule is CC(=O)O[C@H](C)c1nccc(=O)[nH]1. The summed E-state index contributed by atoms with van der Waals surface area (Å²) in [6, 6.07) is 1.30. The number of carbonyl (C=O) groups is 1. The van der Waals surface area contributed by atoms with E-state index in [0.29, 0.717) is 5.82 Å². The molecule has 0 aromatic carbocycles. The van der Waals surface area contributed by atoms with E-state index in [1.807, 2.05) is 0 Å². The van der Waals surface area contributed by atoms with E-state index in [1.165, 1.54) is 19.2 Å². The maximum absolute atomic E-state index is 10.8. The predicted molar refractivity (Wildman–Crippen MR) is 45.0 cm³/mol. The minimum atomic E-state index is -0.522. The van der Waals surface area contributed by atoms with Crippen LogP contribution in [0, 0.1) is 0 Å². The van der Waals surface area contributed by atoms with Gasteiger partial charge in [0.25, 0.3) is 5.56 Å². The molecule has 0 aliphatic carbocycles. The van der Waals surface area contributed by atoms with E-state index in [4.69, 9.17) is 4.74 Å². The molecule has 0 radical (unpaired) electrons. The van der Waals surface area contributed by atoms with Crippen molar-refractivity contribution in [3.63, 3.8) is 0 Å². The quantitative estimate of drug-likeness (QED) is 0.672. The molecular formula is C8H10N2O3. The molecule has 0 aliphatic rings. The zero-order valence-corrected chi connectivity index (χ0v) is 7.40. The van der Waals surface area contributed by atoms with Gasteiger partial charge in [0.15, 0.2) is 6.10 Å². The standard InChI is InChI=1S/C8H10N2O3/c1-5(13-6(2)11)8-9-4-3-7(12)10-8/h3-5H,1-2H3,(H,9,10,12)/t5-/m1/s1. The van der Waals surface area contributed by atoms with Gasteiger partial charge in [-0.25, -0.2) is 4.98 Å². The van der Waals surface area contributed by atoms with Crippen molar-refractivity contribution < 1.29 is 9.53 Å². The average molecular weight is 182 g/mol. The van der Waals surface area contributed by atoms with Gasteiger partial charge in [-0.1, -0.05) is 0 Å². The molecule has 1 rings (SSSR count). The summed E-state index contributed by atoms with van der Waals surface area (Å²) in [6.07, 6.45) is 0.847. The van der Waals surface area contributed by atoms with E-state index in [-0.39, 0.29) is 5.56 Å². The Labute approximate surface area is 74.8 Å². The van der Waals surface area contributed by atoms with Crippen LogP contribution in [-0.2, 0) is 9.53 Å². The number of rotatable bonds is 2. The summed E-state index contributed by atoms with van der Waals surface area (Å²) in [5, 5.41) is 0. The predicted octanol–water partition coefficient (Wildman–Crippen LogP) is 0.394. The Morgan fingerprint density at radius 3 is 2.92 bits per heavy atom. The number of hydrogen-bond donors (Lipinski definition) is 1. The molecule has 1 N–H and O–H groups in total. The molecule has 1 aromatic heterocycles. The first-order valence-electron chi connectivity index (χ1n) is 3.82. The Balaban J connectivity index is 2.82. The van der Waals surface area contributed by atoms with Crippen LogP contribution in [-0.4, -0.2) is 15.9 Å². The van der Waals surface area contributed by atoms with Crippen molar-refractivity contribution in [2.45, 2.75) is 20.0 Å². The Morgan fingerprint density at radius 1 is 1.69 bits per heavy atom. The van der Waals surface area contributed by atoms with Crippen molar-refractivity contribution in [2.24, 2.45) is 0 Å². The molecule has 5 heteroatoms. The lowest BCUT2D eigenvalue weighted by Crippen LogP contribution is -2.14. The highest BCUT2D eigenvalue weighted by molar-refractivity contribution is 5.66. The first-order valence-corrected chi connectivity index (χ1v) is 3.82. The fourth-order valence-corrected chi connectivity index (χ4v) is 0.897. The van der Waals surface area contributed by atoms with Gasteiger partial charge in [-0.2, -0.15) is 0 Å². The van der Waals surface area contributed by atoms with Gasteiger partial charge in [-0.05, 0) is 6.92 Å². The highest BCUT2D eigenvalue weighted by atomic mass is 16.5. The molecule has 0 amide bonds. The normalized spacial score (nSPS) is 12.2. The highest BCUT2D eigenvalue weighted by Gasteiger charge is 2.09. The minimum Gasteiger partial charge on any atom is -0.455 e. The third-order valence-electron chi connectivity index (χ3n) is 1.42. The molecule has 0 aliphatic heterocycles. The van der Waals surface area contributed by atoms with Gasteiger partial charge >= 0.3 is 5.97 Å². The Kier molecular flexibility index (Phi) is 2.79. The maximum atomic E-state index is 10.8. The number of nitrogens with one attached hydrogen (secondary N) is 1. The summed E-state index contributed by atoms with van der Waals surface area (Å²) >= 11 is 0. The van der Waals surface area contributed by atoms with Gasteiger partial charge in [0.2, 0.25) is 0 Å². The van der Waals surface area contributed by atoms with Gasteiger partial charge in [-0.15, -0.1) is 0 Å². The molecule has 1 heterocycles. The summed E-state index contributed by atoms with van der Waals surface area (Å²) in [7, 11) is 0. The first-order chi connectivity index (χ1) is 6.09. The number of aromatic amines is 1. The fraction of sp³-hybridized carbons (Fsp3) is 0.375. The number of hydrogen-bond acceptors (Lipinski definition) is 4. The summed E-state index contributed by atoms with van der Waals surface area (Å²) < 4.78 is 4.82. The molecule has 0 unspecified atom stereocenters. The Hall–Kier alpha value is -1.65. The van der Waals surface area contributed by atoms with Gasteiger partial charge in [0.05, 0.1) is 0 Å². The van der Waals surface area contributed by atoms with E-state index in [1.54, 1.807) is 6.92 Å². The number of H-pyrrole nitrogens is 1. The lowest BCUT2D eigenvalue weighted by Gasteiger charge is -2.09. The lowest BCUT2D eigenvalue weighted by molar-refractivity contribution is -0.146. The number of esters is 1. The molecule has 1 atom stereocenters. The zero-order valence-electron chi connectivity index (χ0n) is 7.40. The number of ether oxygens (including phenoxy) is 1. The van der Waals surface area contributed by atoms with Crippen LogP contribution >= 0.6 is 0 Å². The molecule has 0 fully saturated rings. The molecule has 0 spiro atoms. The second-order valence-corrected chi connectivity index (χ2v) is 2.57. The molecule has 70 valence electrons. The van der Waals surface area contributed by atoms with Crippen molar-refractivity contribution in [2.75, 3.05) is 0 Å². The van der Waals surface area contributed by atoms with Crippen molar-refractivity contribution in [1.82, 2.24) is 9.97 Å². The first kappa shape index (κ1) is 9.44. The van der Waals surface area contributed by atoms with Crippen molar-refractivity contribution >= 4 is 5.97 Å². The van der Waals surface area contributed by atoms with E-state index < -0.39 is 12.1 Å². The van der Waals surface area contributed by atoms with Gasteiger partial charge in [-0.3, -0.25) is 9.59 Å². The average Bonchev–Trinajstić information content (AvgIpc) is 2.03. The third kappa shape index (κ3) is 2.70. The van der Waals surface area contributed by atoms with Crippen LogP contribution in [0.5, 0.6) is 0 Å². The van der Waals surface area contributed by atoms with Crippen LogP contribution in [0.25, 0.3) is 0 Å². The molecule has 5 nitrogen and oxygen atoms in total. The number of aromatic nitrogens is 2. The van der Waals surface area contributed by atoms with Gasteiger partial charge < -0.3 is 9.72 Å². The van der Waals surface area contributed by atoms with Gasteiger partial charge in [0, 0.05) is 19.2 Å². The molecule has 13 heavy (non-hydrogen) atoms. The van der Waals surface area contributed by atoms with Crippen molar-refractivity contribution in [3.05, 3.63) is 28.4 Å². The van der Waals surface area contributed by atoms with Crippen LogP contribution in [0.2, 0.25) is 0 Å². The zero-order chi connectivity index (χ0) is 9.84. The van der Waals surface area contributed by atoms with Crippen LogP contribution in [0.4, 0.5) is 0 Å². The maximum Gasteiger partial charge on any atom is 0.303 e.